The van der Waals surface area contributed by atoms with Crippen LogP contribution < -0.4 is 15.5 Å². The van der Waals surface area contributed by atoms with Crippen LogP contribution in [-0.4, -0.2) is 37.0 Å². The summed E-state index contributed by atoms with van der Waals surface area (Å²) in [6, 6.07) is 11.4. The van der Waals surface area contributed by atoms with E-state index in [1.807, 2.05) is 44.1 Å². The molecule has 1 fully saturated rings. The highest BCUT2D eigenvalue weighted by Crippen LogP contribution is 2.29. The summed E-state index contributed by atoms with van der Waals surface area (Å²) >= 11 is 0. The number of nitrogens with one attached hydrogen (secondary N) is 2. The molecule has 0 spiro atoms. The summed E-state index contributed by atoms with van der Waals surface area (Å²) in [5.74, 6) is -0.0445. The average molecular weight is 469 g/mol. The Morgan fingerprint density at radius 1 is 1.00 bits per heavy atom. The molecule has 6 nitrogen and oxygen atoms in total. The monoisotopic (exact) mass is 468 g/mol. The fourth-order valence-electron chi connectivity index (χ4n) is 4.36. The van der Waals surface area contributed by atoms with E-state index in [4.69, 9.17) is 0 Å². The highest BCUT2D eigenvalue weighted by atomic mass is 19.1. The maximum atomic E-state index is 13.6. The summed E-state index contributed by atoms with van der Waals surface area (Å²) in [7, 11) is 3.91. The molecule has 0 heterocycles. The predicted octanol–water partition coefficient (Wildman–Crippen LogP) is 6.10. The molecule has 2 aromatic rings. The van der Waals surface area contributed by atoms with Crippen LogP contribution in [0.15, 0.2) is 42.5 Å². The number of rotatable bonds is 8. The number of halogens is 1. The first kappa shape index (κ1) is 25.5. The number of anilines is 3. The molecular formula is C27H37FN4O2. The number of benzene rings is 2. The van der Waals surface area contributed by atoms with Gasteiger partial charge in [-0.05, 0) is 67.6 Å². The van der Waals surface area contributed by atoms with Crippen LogP contribution in [0.5, 0.6) is 0 Å². The number of hydrogen-bond acceptors (Lipinski definition) is 3. The van der Waals surface area contributed by atoms with E-state index in [0.717, 1.165) is 42.6 Å². The van der Waals surface area contributed by atoms with Gasteiger partial charge in [-0.15, -0.1) is 0 Å². The van der Waals surface area contributed by atoms with Gasteiger partial charge in [-0.25, -0.2) is 9.18 Å². The lowest BCUT2D eigenvalue weighted by molar-refractivity contribution is -0.119. The van der Waals surface area contributed by atoms with Gasteiger partial charge in [-0.2, -0.15) is 0 Å². The van der Waals surface area contributed by atoms with Gasteiger partial charge in [-0.3, -0.25) is 4.79 Å². The van der Waals surface area contributed by atoms with E-state index < -0.39 is 5.82 Å². The summed E-state index contributed by atoms with van der Waals surface area (Å²) in [6.07, 6.45) is 4.08. The molecule has 1 saturated carbocycles. The van der Waals surface area contributed by atoms with Gasteiger partial charge >= 0.3 is 6.03 Å². The van der Waals surface area contributed by atoms with Crippen LogP contribution in [0.3, 0.4) is 0 Å². The van der Waals surface area contributed by atoms with Crippen LogP contribution in [-0.2, 0) is 11.3 Å². The number of nitrogens with zero attached hydrogens (tertiary/aromatic N) is 2. The zero-order valence-corrected chi connectivity index (χ0v) is 20.9. The minimum Gasteiger partial charge on any atom is -0.377 e. The summed E-state index contributed by atoms with van der Waals surface area (Å²) < 4.78 is 13.6. The number of hydrogen-bond donors (Lipinski definition) is 2. The van der Waals surface area contributed by atoms with Crippen molar-refractivity contribution in [3.8, 4) is 0 Å². The van der Waals surface area contributed by atoms with Gasteiger partial charge in [0.15, 0.2) is 0 Å². The lowest BCUT2D eigenvalue weighted by Gasteiger charge is -2.33. The van der Waals surface area contributed by atoms with Crippen LogP contribution in [0.2, 0.25) is 0 Å². The third kappa shape index (κ3) is 6.49. The average Bonchev–Trinajstić information content (AvgIpc) is 3.32. The third-order valence-corrected chi connectivity index (χ3v) is 6.69. The normalized spacial score (nSPS) is 14.7. The van der Waals surface area contributed by atoms with Crippen molar-refractivity contribution in [3.05, 3.63) is 53.8 Å². The van der Waals surface area contributed by atoms with E-state index in [9.17, 15) is 14.0 Å². The lowest BCUT2D eigenvalue weighted by Crippen LogP contribution is -2.43. The van der Waals surface area contributed by atoms with Gasteiger partial charge in [0.2, 0.25) is 5.91 Å². The van der Waals surface area contributed by atoms with E-state index in [1.165, 1.54) is 12.1 Å². The van der Waals surface area contributed by atoms with E-state index in [-0.39, 0.29) is 29.8 Å². The van der Waals surface area contributed by atoms with Gasteiger partial charge in [0.1, 0.15) is 5.82 Å². The summed E-state index contributed by atoms with van der Waals surface area (Å²) in [5.41, 5.74) is 3.05. The van der Waals surface area contributed by atoms with Crippen molar-refractivity contribution in [2.45, 2.75) is 59.0 Å². The Hall–Kier alpha value is -3.09. The van der Waals surface area contributed by atoms with Crippen LogP contribution in [0, 0.1) is 17.7 Å². The summed E-state index contributed by atoms with van der Waals surface area (Å²) in [5, 5.41) is 5.91. The summed E-state index contributed by atoms with van der Waals surface area (Å²) in [4.78, 5) is 29.7. The molecule has 2 N–H and O–H groups in total. The fraction of sp³-hybridized carbons (Fsp3) is 0.481. The van der Waals surface area contributed by atoms with Gasteiger partial charge < -0.3 is 20.4 Å². The van der Waals surface area contributed by atoms with Crippen LogP contribution >= 0.6 is 0 Å². The van der Waals surface area contributed by atoms with Gasteiger partial charge in [0, 0.05) is 49.7 Å². The zero-order chi connectivity index (χ0) is 24.8. The standard InChI is InChI=1S/C27H37FN4O2/c1-18(2)19(3)32(27(34)30-23-12-8-11-22(28)16-23)17-21-15-24(13-14-25(21)31(4)5)29-26(33)20-9-6-7-10-20/h8,11-16,18-20H,6-7,9-10,17H2,1-5H3,(H,29,33)(H,30,34)/t19-/m0/s1. The largest absolute Gasteiger partial charge is 0.377 e. The maximum absolute atomic E-state index is 13.6. The number of amides is 3. The van der Waals surface area contributed by atoms with Crippen molar-refractivity contribution in [3.63, 3.8) is 0 Å². The molecule has 0 unspecified atom stereocenters. The number of urea groups is 1. The van der Waals surface area contributed by atoms with Crippen molar-refractivity contribution in [2.24, 2.45) is 11.8 Å². The van der Waals surface area contributed by atoms with Crippen molar-refractivity contribution in [1.29, 1.82) is 0 Å². The molecule has 3 rings (SSSR count). The van der Waals surface area contributed by atoms with Crippen molar-refractivity contribution in [2.75, 3.05) is 29.6 Å². The lowest BCUT2D eigenvalue weighted by atomic mass is 10.0. The minimum atomic E-state index is -0.401. The van der Waals surface area contributed by atoms with Crippen LogP contribution in [0.4, 0.5) is 26.2 Å². The van der Waals surface area contributed by atoms with Gasteiger partial charge in [-0.1, -0.05) is 32.8 Å². The van der Waals surface area contributed by atoms with Gasteiger partial charge in [0.25, 0.3) is 0 Å². The third-order valence-electron chi connectivity index (χ3n) is 6.69. The Labute approximate surface area is 202 Å². The molecule has 34 heavy (non-hydrogen) atoms. The van der Waals surface area contributed by atoms with Crippen molar-refractivity contribution >= 4 is 29.0 Å². The first-order valence-electron chi connectivity index (χ1n) is 12.1. The molecule has 7 heteroatoms. The minimum absolute atomic E-state index is 0.0669. The summed E-state index contributed by atoms with van der Waals surface area (Å²) in [6.45, 7) is 6.49. The van der Waals surface area contributed by atoms with Crippen LogP contribution in [0.25, 0.3) is 0 Å². The Kier molecular flexibility index (Phi) is 8.53. The molecule has 0 aliphatic heterocycles. The molecule has 3 amide bonds. The SMILES string of the molecule is CC(C)[C@H](C)N(Cc1cc(NC(=O)C2CCCC2)ccc1N(C)C)C(=O)Nc1cccc(F)c1. The Morgan fingerprint density at radius 3 is 2.29 bits per heavy atom. The molecule has 1 aliphatic rings. The van der Waals surface area contributed by atoms with E-state index in [0.29, 0.717) is 12.2 Å². The van der Waals surface area contributed by atoms with E-state index >= 15 is 0 Å². The van der Waals surface area contributed by atoms with Gasteiger partial charge in [0.05, 0.1) is 0 Å². The Morgan fingerprint density at radius 2 is 1.68 bits per heavy atom. The Bertz CT molecular complexity index is 1000. The van der Waals surface area contributed by atoms with E-state index in [1.54, 1.807) is 17.0 Å². The first-order chi connectivity index (χ1) is 16.2. The van der Waals surface area contributed by atoms with Crippen molar-refractivity contribution in [1.82, 2.24) is 4.90 Å². The number of carbonyl (C=O) groups excluding carboxylic acids is 2. The fourth-order valence-corrected chi connectivity index (χ4v) is 4.36. The van der Waals surface area contributed by atoms with Crippen LogP contribution in [0.1, 0.15) is 52.0 Å². The second kappa shape index (κ2) is 11.4. The second-order valence-electron chi connectivity index (χ2n) is 9.76. The highest BCUT2D eigenvalue weighted by Gasteiger charge is 2.26. The predicted molar refractivity (Wildman–Crippen MR) is 137 cm³/mol. The molecule has 0 bridgehead atoms. The number of carbonyl (C=O) groups is 2. The van der Waals surface area contributed by atoms with Crippen molar-refractivity contribution < 1.29 is 14.0 Å². The molecule has 0 saturated heterocycles. The quantitative estimate of drug-likeness (QED) is 0.492. The molecule has 1 atom stereocenters. The van der Waals surface area contributed by atoms with E-state index in [2.05, 4.69) is 24.5 Å². The smallest absolute Gasteiger partial charge is 0.322 e. The molecule has 2 aromatic carbocycles. The molecular weight excluding hydrogens is 431 g/mol. The molecule has 1 aliphatic carbocycles. The molecule has 0 aromatic heterocycles. The second-order valence-corrected chi connectivity index (χ2v) is 9.76. The highest BCUT2D eigenvalue weighted by molar-refractivity contribution is 5.93. The maximum Gasteiger partial charge on any atom is 0.322 e. The zero-order valence-electron chi connectivity index (χ0n) is 20.9. The first-order valence-corrected chi connectivity index (χ1v) is 12.1. The molecule has 184 valence electrons. The molecule has 0 radical (unpaired) electrons. The Balaban J connectivity index is 1.86. The topological polar surface area (TPSA) is 64.7 Å².